The van der Waals surface area contributed by atoms with Crippen molar-refractivity contribution < 1.29 is 0 Å². The minimum Gasteiger partial charge on any atom is -0.144 e. The monoisotopic (exact) mass is 378 g/mol. The van der Waals surface area contributed by atoms with Crippen LogP contribution >= 0.6 is 22.7 Å². The van der Waals surface area contributed by atoms with Gasteiger partial charge in [0.2, 0.25) is 0 Å². The van der Waals surface area contributed by atoms with E-state index in [1.54, 1.807) is 0 Å². The summed E-state index contributed by atoms with van der Waals surface area (Å²) in [7, 11) is 0. The van der Waals surface area contributed by atoms with Crippen molar-refractivity contribution >= 4 is 42.8 Å². The van der Waals surface area contributed by atoms with E-state index in [4.69, 9.17) is 0 Å². The number of thiophene rings is 2. The van der Waals surface area contributed by atoms with E-state index in [-0.39, 0.29) is 10.8 Å². The highest BCUT2D eigenvalue weighted by atomic mass is 32.1. The van der Waals surface area contributed by atoms with Gasteiger partial charge in [0.1, 0.15) is 0 Å². The fraction of sp³-hybridized carbons (Fsp3) is 0.333. The van der Waals surface area contributed by atoms with Gasteiger partial charge in [-0.15, -0.1) is 22.7 Å². The van der Waals surface area contributed by atoms with Crippen LogP contribution in [0.25, 0.3) is 20.2 Å². The molecule has 0 N–H and O–H groups in total. The van der Waals surface area contributed by atoms with Crippen LogP contribution in [0.1, 0.15) is 50.6 Å². The van der Waals surface area contributed by atoms with Gasteiger partial charge in [-0.05, 0) is 74.9 Å². The van der Waals surface area contributed by atoms with Crippen molar-refractivity contribution in [2.75, 3.05) is 0 Å². The summed E-state index contributed by atoms with van der Waals surface area (Å²) < 4.78 is 2.79. The third-order valence-electron chi connectivity index (χ3n) is 5.29. The highest BCUT2D eigenvalue weighted by Crippen LogP contribution is 2.36. The van der Waals surface area contributed by atoms with Gasteiger partial charge in [-0.2, -0.15) is 0 Å². The minimum absolute atomic E-state index is 0.131. The Bertz CT molecular complexity index is 1070. The van der Waals surface area contributed by atoms with Crippen molar-refractivity contribution in [2.45, 2.75) is 51.9 Å². The molecule has 0 nitrogen and oxygen atoms in total. The molecule has 2 aromatic heterocycles. The maximum absolute atomic E-state index is 2.40. The summed E-state index contributed by atoms with van der Waals surface area (Å²) in [6.07, 6.45) is 1.08. The van der Waals surface area contributed by atoms with Crippen molar-refractivity contribution in [3.8, 4) is 0 Å². The first-order valence-electron chi connectivity index (χ1n) is 9.23. The largest absolute Gasteiger partial charge is 0.144 e. The van der Waals surface area contributed by atoms with Gasteiger partial charge >= 0.3 is 0 Å². The summed E-state index contributed by atoms with van der Waals surface area (Å²) in [5, 5.41) is 4.92. The van der Waals surface area contributed by atoms with E-state index in [0.29, 0.717) is 0 Å². The SMILES string of the molecule is CC(C)(C)c1ccc2sc(CC(C)(C)c3ccc4ccsc4c3)cc2c1. The normalized spacial score (nSPS) is 13.0. The van der Waals surface area contributed by atoms with E-state index >= 15 is 0 Å². The summed E-state index contributed by atoms with van der Waals surface area (Å²) in [5.74, 6) is 0. The highest BCUT2D eigenvalue weighted by Gasteiger charge is 2.23. The topological polar surface area (TPSA) is 0 Å². The standard InChI is InChI=1S/C24H26S2/c1-23(2,3)18-8-9-21-17(12-18)13-20(26-21)15-24(4,5)19-7-6-16-10-11-25-22(16)14-19/h6-14H,15H2,1-5H3. The van der Waals surface area contributed by atoms with Gasteiger partial charge in [0.05, 0.1) is 0 Å². The molecule has 0 unspecified atom stereocenters. The number of hydrogen-bond acceptors (Lipinski definition) is 2. The van der Waals surface area contributed by atoms with Crippen molar-refractivity contribution in [1.82, 2.24) is 0 Å². The van der Waals surface area contributed by atoms with Crippen molar-refractivity contribution in [2.24, 2.45) is 0 Å². The fourth-order valence-corrected chi connectivity index (χ4v) is 5.67. The van der Waals surface area contributed by atoms with Gasteiger partial charge in [0.25, 0.3) is 0 Å². The first-order chi connectivity index (χ1) is 12.2. The molecule has 2 heterocycles. The lowest BCUT2D eigenvalue weighted by Gasteiger charge is -2.24. The first-order valence-corrected chi connectivity index (χ1v) is 10.9. The molecule has 0 bridgehead atoms. The third-order valence-corrected chi connectivity index (χ3v) is 7.28. The summed E-state index contributed by atoms with van der Waals surface area (Å²) >= 11 is 3.78. The first kappa shape index (κ1) is 17.8. The molecular formula is C24H26S2. The Labute approximate surface area is 164 Å². The molecule has 0 aliphatic heterocycles. The lowest BCUT2D eigenvalue weighted by molar-refractivity contribution is 0.528. The zero-order valence-corrected chi connectivity index (χ0v) is 17.9. The molecule has 4 rings (SSSR count). The number of benzene rings is 2. The minimum atomic E-state index is 0.131. The maximum atomic E-state index is 2.40. The van der Waals surface area contributed by atoms with Gasteiger partial charge in [-0.1, -0.05) is 52.8 Å². The van der Waals surface area contributed by atoms with Crippen LogP contribution < -0.4 is 0 Å². The molecule has 2 heteroatoms. The molecule has 0 saturated heterocycles. The molecule has 26 heavy (non-hydrogen) atoms. The average molecular weight is 379 g/mol. The van der Waals surface area contributed by atoms with E-state index in [9.17, 15) is 0 Å². The molecule has 0 aliphatic carbocycles. The van der Waals surface area contributed by atoms with E-state index in [0.717, 1.165) is 6.42 Å². The second kappa shape index (κ2) is 6.21. The van der Waals surface area contributed by atoms with Crippen molar-refractivity contribution in [3.63, 3.8) is 0 Å². The van der Waals surface area contributed by atoms with Crippen LogP contribution in [0.3, 0.4) is 0 Å². The molecule has 134 valence electrons. The van der Waals surface area contributed by atoms with E-state index in [2.05, 4.69) is 88.5 Å². The summed E-state index contributed by atoms with van der Waals surface area (Å²) in [6, 6.07) is 18.5. The molecule has 2 aromatic carbocycles. The Kier molecular flexibility index (Phi) is 4.24. The third kappa shape index (κ3) is 3.33. The smallest absolute Gasteiger partial charge is 0.0345 e. The van der Waals surface area contributed by atoms with Gasteiger partial charge in [0.15, 0.2) is 0 Å². The fourth-order valence-electron chi connectivity index (χ4n) is 3.57. The number of fused-ring (bicyclic) bond motifs is 2. The predicted octanol–water partition coefficient (Wildman–Crippen LogP) is 7.93. The lowest BCUT2D eigenvalue weighted by Crippen LogP contribution is -2.19. The quantitative estimate of drug-likeness (QED) is 0.339. The number of hydrogen-bond donors (Lipinski definition) is 0. The second-order valence-corrected chi connectivity index (χ2v) is 11.1. The molecule has 0 fully saturated rings. The van der Waals surface area contributed by atoms with E-state index < -0.39 is 0 Å². The molecule has 0 aliphatic rings. The van der Waals surface area contributed by atoms with Crippen LogP contribution in [0.2, 0.25) is 0 Å². The van der Waals surface area contributed by atoms with Crippen molar-refractivity contribution in [1.29, 1.82) is 0 Å². The Morgan fingerprint density at radius 2 is 1.50 bits per heavy atom. The van der Waals surface area contributed by atoms with Gasteiger partial charge in [-0.25, -0.2) is 0 Å². The van der Waals surface area contributed by atoms with Gasteiger partial charge in [0, 0.05) is 14.3 Å². The molecule has 0 atom stereocenters. The molecular weight excluding hydrogens is 352 g/mol. The highest BCUT2D eigenvalue weighted by molar-refractivity contribution is 7.19. The molecule has 4 aromatic rings. The molecule has 0 saturated carbocycles. The lowest BCUT2D eigenvalue weighted by atomic mass is 9.81. The summed E-state index contributed by atoms with van der Waals surface area (Å²) in [5.41, 5.74) is 3.18. The van der Waals surface area contributed by atoms with Crippen LogP contribution in [0.4, 0.5) is 0 Å². The van der Waals surface area contributed by atoms with Gasteiger partial charge < -0.3 is 0 Å². The van der Waals surface area contributed by atoms with Gasteiger partial charge in [-0.3, -0.25) is 0 Å². The average Bonchev–Trinajstić information content (AvgIpc) is 3.17. The Hall–Kier alpha value is -1.64. The molecule has 0 amide bonds. The predicted molar refractivity (Wildman–Crippen MR) is 119 cm³/mol. The Balaban J connectivity index is 1.66. The molecule has 0 spiro atoms. The summed E-state index contributed by atoms with van der Waals surface area (Å²) in [4.78, 5) is 1.47. The van der Waals surface area contributed by atoms with Crippen molar-refractivity contribution in [3.05, 3.63) is 69.9 Å². The van der Waals surface area contributed by atoms with Crippen LogP contribution in [-0.4, -0.2) is 0 Å². The van der Waals surface area contributed by atoms with Crippen LogP contribution in [-0.2, 0) is 17.3 Å². The van der Waals surface area contributed by atoms with E-state index in [1.165, 1.54) is 36.2 Å². The molecule has 0 radical (unpaired) electrons. The summed E-state index contributed by atoms with van der Waals surface area (Å²) in [6.45, 7) is 11.6. The number of rotatable bonds is 3. The Morgan fingerprint density at radius 1 is 0.731 bits per heavy atom. The maximum Gasteiger partial charge on any atom is 0.0345 e. The van der Waals surface area contributed by atoms with Crippen LogP contribution in [0.5, 0.6) is 0 Å². The van der Waals surface area contributed by atoms with Crippen LogP contribution in [0.15, 0.2) is 53.9 Å². The van der Waals surface area contributed by atoms with E-state index in [1.807, 2.05) is 22.7 Å². The zero-order valence-electron chi connectivity index (χ0n) is 16.2. The Morgan fingerprint density at radius 3 is 2.27 bits per heavy atom. The van der Waals surface area contributed by atoms with Crippen LogP contribution in [0, 0.1) is 0 Å². The second-order valence-electron chi connectivity index (χ2n) is 8.95. The zero-order chi connectivity index (χ0) is 18.5.